The van der Waals surface area contributed by atoms with Crippen LogP contribution in [0.15, 0.2) is 59.6 Å². The Morgan fingerprint density at radius 3 is 2.46 bits per heavy atom. The zero-order valence-corrected chi connectivity index (χ0v) is 14.9. The van der Waals surface area contributed by atoms with E-state index in [4.69, 9.17) is 23.2 Å². The van der Waals surface area contributed by atoms with Crippen molar-refractivity contribution in [3.8, 4) is 0 Å². The maximum atomic E-state index is 12.3. The van der Waals surface area contributed by atoms with Crippen molar-refractivity contribution in [1.82, 2.24) is 9.71 Å². The summed E-state index contributed by atoms with van der Waals surface area (Å²) in [6.07, 6.45) is 2.26. The number of hydrogen-bond donors (Lipinski definition) is 1. The Hall–Kier alpha value is -1.66. The van der Waals surface area contributed by atoms with E-state index in [0.29, 0.717) is 6.42 Å². The molecule has 0 saturated heterocycles. The Balaban J connectivity index is 1.75. The molecule has 124 valence electrons. The third-order valence-electron chi connectivity index (χ3n) is 3.55. The topological polar surface area (TPSA) is 59.1 Å². The van der Waals surface area contributed by atoms with E-state index in [1.54, 1.807) is 6.20 Å². The third kappa shape index (κ3) is 3.87. The van der Waals surface area contributed by atoms with E-state index in [2.05, 4.69) is 9.71 Å². The van der Waals surface area contributed by atoms with E-state index in [-0.39, 0.29) is 21.5 Å². The van der Waals surface area contributed by atoms with Crippen LogP contribution < -0.4 is 4.72 Å². The van der Waals surface area contributed by atoms with E-state index in [1.807, 2.05) is 30.3 Å². The molecule has 0 aliphatic heterocycles. The molecule has 0 fully saturated rings. The third-order valence-corrected chi connectivity index (χ3v) is 5.43. The number of halogens is 2. The van der Waals surface area contributed by atoms with Gasteiger partial charge < -0.3 is 0 Å². The minimum absolute atomic E-state index is 0.0519. The van der Waals surface area contributed by atoms with Crippen LogP contribution in [-0.4, -0.2) is 19.9 Å². The van der Waals surface area contributed by atoms with Crippen molar-refractivity contribution in [3.63, 3.8) is 0 Å². The molecule has 2 aromatic carbocycles. The highest BCUT2D eigenvalue weighted by atomic mass is 35.5. The largest absolute Gasteiger partial charge is 0.256 e. The van der Waals surface area contributed by atoms with Gasteiger partial charge in [0.05, 0.1) is 10.4 Å². The predicted octanol–water partition coefficient (Wildman–Crippen LogP) is 4.06. The number of rotatable bonds is 5. The van der Waals surface area contributed by atoms with Gasteiger partial charge in [-0.15, -0.1) is 0 Å². The maximum absolute atomic E-state index is 12.3. The summed E-state index contributed by atoms with van der Waals surface area (Å²) in [7, 11) is -3.67. The molecule has 0 spiro atoms. The first kappa shape index (κ1) is 17.2. The van der Waals surface area contributed by atoms with Crippen LogP contribution in [0.1, 0.15) is 5.56 Å². The van der Waals surface area contributed by atoms with E-state index in [1.165, 1.54) is 18.2 Å². The van der Waals surface area contributed by atoms with Crippen LogP contribution in [0.4, 0.5) is 0 Å². The van der Waals surface area contributed by atoms with Crippen LogP contribution in [0.3, 0.4) is 0 Å². The number of nitrogens with zero attached hydrogens (tertiary/aromatic N) is 1. The predicted molar refractivity (Wildman–Crippen MR) is 97.1 cm³/mol. The van der Waals surface area contributed by atoms with Gasteiger partial charge in [-0.05, 0) is 36.2 Å². The monoisotopic (exact) mass is 380 g/mol. The number of benzene rings is 2. The van der Waals surface area contributed by atoms with Gasteiger partial charge in [-0.2, -0.15) is 0 Å². The van der Waals surface area contributed by atoms with Crippen LogP contribution in [0.5, 0.6) is 0 Å². The molecule has 0 aliphatic carbocycles. The molecule has 0 saturated carbocycles. The van der Waals surface area contributed by atoms with Crippen LogP contribution in [0.2, 0.25) is 10.0 Å². The van der Waals surface area contributed by atoms with Gasteiger partial charge in [-0.3, -0.25) is 4.98 Å². The summed E-state index contributed by atoms with van der Waals surface area (Å²) in [5.41, 5.74) is 1.87. The summed E-state index contributed by atoms with van der Waals surface area (Å²) < 4.78 is 27.3. The molecular formula is C17H14Cl2N2O2S. The van der Waals surface area contributed by atoms with Gasteiger partial charge in [-0.25, -0.2) is 13.1 Å². The van der Waals surface area contributed by atoms with Crippen LogP contribution >= 0.6 is 23.2 Å². The van der Waals surface area contributed by atoms with Crippen molar-refractivity contribution in [2.75, 3.05) is 6.54 Å². The smallest absolute Gasteiger partial charge is 0.240 e. The van der Waals surface area contributed by atoms with Gasteiger partial charge in [0.2, 0.25) is 10.0 Å². The Morgan fingerprint density at radius 1 is 1.00 bits per heavy atom. The van der Waals surface area contributed by atoms with Crippen LogP contribution in [-0.2, 0) is 16.4 Å². The zero-order valence-electron chi connectivity index (χ0n) is 12.5. The molecule has 0 aliphatic rings. The number of para-hydroxylation sites is 1. The van der Waals surface area contributed by atoms with Gasteiger partial charge >= 0.3 is 0 Å². The lowest BCUT2D eigenvalue weighted by Gasteiger charge is -2.09. The molecule has 0 bridgehead atoms. The molecule has 0 radical (unpaired) electrons. The standard InChI is InChI=1S/C17H14Cl2N2O2S/c18-14-9-15(19)11-16(10-14)24(22,23)21-8-6-13-4-1-3-12-5-2-7-20-17(12)13/h1-5,7,9-11,21H,6,8H2. The molecule has 1 heterocycles. The lowest BCUT2D eigenvalue weighted by Crippen LogP contribution is -2.26. The molecule has 7 heteroatoms. The summed E-state index contributed by atoms with van der Waals surface area (Å²) in [4.78, 5) is 4.42. The molecule has 24 heavy (non-hydrogen) atoms. The van der Waals surface area contributed by atoms with Crippen molar-refractivity contribution in [3.05, 3.63) is 70.3 Å². The fourth-order valence-electron chi connectivity index (χ4n) is 2.46. The molecular weight excluding hydrogens is 367 g/mol. The quantitative estimate of drug-likeness (QED) is 0.725. The minimum atomic E-state index is -3.67. The highest BCUT2D eigenvalue weighted by Gasteiger charge is 2.15. The summed E-state index contributed by atoms with van der Waals surface area (Å²) in [5, 5.41) is 1.58. The average Bonchev–Trinajstić information content (AvgIpc) is 2.54. The number of sulfonamides is 1. The van der Waals surface area contributed by atoms with E-state index >= 15 is 0 Å². The molecule has 3 aromatic rings. The summed E-state index contributed by atoms with van der Waals surface area (Å²) >= 11 is 11.7. The van der Waals surface area contributed by atoms with Gasteiger partial charge in [0.25, 0.3) is 0 Å². The Labute approximate surface area is 150 Å². The molecule has 1 N–H and O–H groups in total. The van der Waals surface area contributed by atoms with Crippen molar-refractivity contribution in [2.45, 2.75) is 11.3 Å². The second-order valence-electron chi connectivity index (χ2n) is 5.25. The lowest BCUT2D eigenvalue weighted by molar-refractivity contribution is 0.581. The van der Waals surface area contributed by atoms with Gasteiger partial charge in [0, 0.05) is 28.2 Å². The second-order valence-corrected chi connectivity index (χ2v) is 7.89. The molecule has 0 amide bonds. The molecule has 0 unspecified atom stereocenters. The number of aromatic nitrogens is 1. The normalized spacial score (nSPS) is 11.8. The summed E-state index contributed by atoms with van der Waals surface area (Å²) in [6, 6.07) is 13.9. The minimum Gasteiger partial charge on any atom is -0.256 e. The number of hydrogen-bond acceptors (Lipinski definition) is 3. The molecule has 1 aromatic heterocycles. The van der Waals surface area contributed by atoms with E-state index in [9.17, 15) is 8.42 Å². The number of fused-ring (bicyclic) bond motifs is 1. The SMILES string of the molecule is O=S(=O)(NCCc1cccc2cccnc12)c1cc(Cl)cc(Cl)c1. The molecule has 4 nitrogen and oxygen atoms in total. The fraction of sp³-hybridized carbons (Fsp3) is 0.118. The van der Waals surface area contributed by atoms with Crippen molar-refractivity contribution in [2.24, 2.45) is 0 Å². The average molecular weight is 381 g/mol. The zero-order chi connectivity index (χ0) is 17.2. The highest BCUT2D eigenvalue weighted by Crippen LogP contribution is 2.22. The van der Waals surface area contributed by atoms with Gasteiger partial charge in [-0.1, -0.05) is 47.5 Å². The Kier molecular flexibility index (Phi) is 5.06. The number of nitrogens with one attached hydrogen (secondary N) is 1. The van der Waals surface area contributed by atoms with Crippen molar-refractivity contribution >= 4 is 44.1 Å². The van der Waals surface area contributed by atoms with Crippen molar-refractivity contribution < 1.29 is 8.42 Å². The Bertz CT molecular complexity index is 965. The number of pyridine rings is 1. The van der Waals surface area contributed by atoms with E-state index < -0.39 is 10.0 Å². The molecule has 0 atom stereocenters. The van der Waals surface area contributed by atoms with Crippen LogP contribution in [0.25, 0.3) is 10.9 Å². The Morgan fingerprint density at radius 2 is 1.71 bits per heavy atom. The van der Waals surface area contributed by atoms with Crippen molar-refractivity contribution in [1.29, 1.82) is 0 Å². The van der Waals surface area contributed by atoms with Crippen LogP contribution in [0, 0.1) is 0 Å². The molecule has 3 rings (SSSR count). The first-order valence-corrected chi connectivity index (χ1v) is 9.48. The second kappa shape index (κ2) is 7.07. The van der Waals surface area contributed by atoms with E-state index in [0.717, 1.165) is 16.5 Å². The first-order valence-electron chi connectivity index (χ1n) is 7.24. The summed E-state index contributed by atoms with van der Waals surface area (Å²) in [6.45, 7) is 0.252. The van der Waals surface area contributed by atoms with Gasteiger partial charge in [0.1, 0.15) is 0 Å². The first-order chi connectivity index (χ1) is 11.5. The maximum Gasteiger partial charge on any atom is 0.240 e. The lowest BCUT2D eigenvalue weighted by atomic mass is 10.1. The van der Waals surface area contributed by atoms with Gasteiger partial charge in [0.15, 0.2) is 0 Å². The summed E-state index contributed by atoms with van der Waals surface area (Å²) in [5.74, 6) is 0. The fourth-order valence-corrected chi connectivity index (χ4v) is 4.21. The highest BCUT2D eigenvalue weighted by molar-refractivity contribution is 7.89.